The molecule has 0 radical (unpaired) electrons. The first-order valence-electron chi connectivity index (χ1n) is 7.72. The fraction of sp³-hybridized carbons (Fsp3) is 0.278. The monoisotopic (exact) mass is 314 g/mol. The molecule has 1 amide bonds. The molecule has 0 atom stereocenters. The molecule has 0 unspecified atom stereocenters. The zero-order valence-electron chi connectivity index (χ0n) is 13.5. The summed E-state index contributed by atoms with van der Waals surface area (Å²) in [5.74, 6) is 1.25. The van der Waals surface area contributed by atoms with Crippen molar-refractivity contribution in [3.05, 3.63) is 48.5 Å². The Morgan fingerprint density at radius 2 is 1.39 bits per heavy atom. The molecule has 2 aromatic rings. The molecular weight excluding hydrogens is 292 g/mol. The minimum atomic E-state index is -0.150. The van der Waals surface area contributed by atoms with Crippen LogP contribution >= 0.6 is 0 Å². The van der Waals surface area contributed by atoms with Crippen LogP contribution in [0.3, 0.4) is 0 Å². The van der Waals surface area contributed by atoms with Gasteiger partial charge in [-0.05, 0) is 38.1 Å². The number of nitrogens with one attached hydrogen (secondary N) is 2. The molecule has 122 valence electrons. The third kappa shape index (κ3) is 4.92. The van der Waals surface area contributed by atoms with Crippen molar-refractivity contribution in [2.75, 3.05) is 30.4 Å². The van der Waals surface area contributed by atoms with Crippen LogP contribution < -0.4 is 20.1 Å². The zero-order chi connectivity index (χ0) is 16.5. The molecule has 2 rings (SSSR count). The molecule has 2 aromatic carbocycles. The number of hydrogen-bond acceptors (Lipinski definition) is 4. The lowest BCUT2D eigenvalue weighted by Gasteiger charge is -2.13. The van der Waals surface area contributed by atoms with E-state index in [0.29, 0.717) is 24.7 Å². The van der Waals surface area contributed by atoms with Gasteiger partial charge < -0.3 is 20.1 Å². The van der Waals surface area contributed by atoms with E-state index in [4.69, 9.17) is 9.47 Å². The van der Waals surface area contributed by atoms with E-state index in [-0.39, 0.29) is 12.5 Å². The Hall–Kier alpha value is -2.69. The van der Waals surface area contributed by atoms with Crippen molar-refractivity contribution in [3.8, 4) is 11.5 Å². The topological polar surface area (TPSA) is 59.6 Å². The summed E-state index contributed by atoms with van der Waals surface area (Å²) in [5, 5.41) is 5.94. The SMILES string of the molecule is CCOc1ccccc1NCC(=O)Nc1ccccc1OCC. The number of benzene rings is 2. The average molecular weight is 314 g/mol. The van der Waals surface area contributed by atoms with E-state index in [2.05, 4.69) is 10.6 Å². The molecule has 0 aliphatic heterocycles. The summed E-state index contributed by atoms with van der Waals surface area (Å²) in [7, 11) is 0. The van der Waals surface area contributed by atoms with E-state index in [1.807, 2.05) is 62.4 Å². The van der Waals surface area contributed by atoms with Gasteiger partial charge in [-0.2, -0.15) is 0 Å². The third-order valence-corrected chi connectivity index (χ3v) is 3.09. The van der Waals surface area contributed by atoms with Crippen LogP contribution in [0.4, 0.5) is 11.4 Å². The van der Waals surface area contributed by atoms with Crippen LogP contribution in [0.2, 0.25) is 0 Å². The van der Waals surface area contributed by atoms with Gasteiger partial charge in [0.05, 0.1) is 31.1 Å². The molecule has 0 fully saturated rings. The van der Waals surface area contributed by atoms with E-state index in [0.717, 1.165) is 11.4 Å². The smallest absolute Gasteiger partial charge is 0.243 e. The minimum Gasteiger partial charge on any atom is -0.492 e. The highest BCUT2D eigenvalue weighted by molar-refractivity contribution is 5.95. The van der Waals surface area contributed by atoms with Crippen LogP contribution in [0.5, 0.6) is 11.5 Å². The van der Waals surface area contributed by atoms with Gasteiger partial charge in [0.1, 0.15) is 11.5 Å². The Bertz CT molecular complexity index is 644. The predicted molar refractivity (Wildman–Crippen MR) is 92.3 cm³/mol. The van der Waals surface area contributed by atoms with Crippen LogP contribution in [0.15, 0.2) is 48.5 Å². The average Bonchev–Trinajstić information content (AvgIpc) is 2.56. The highest BCUT2D eigenvalue weighted by atomic mass is 16.5. The molecule has 0 spiro atoms. The van der Waals surface area contributed by atoms with Crippen molar-refractivity contribution in [3.63, 3.8) is 0 Å². The fourth-order valence-electron chi connectivity index (χ4n) is 2.12. The number of para-hydroxylation sites is 4. The first-order valence-corrected chi connectivity index (χ1v) is 7.72. The fourth-order valence-corrected chi connectivity index (χ4v) is 2.12. The summed E-state index contributed by atoms with van der Waals surface area (Å²) in [6.07, 6.45) is 0. The van der Waals surface area contributed by atoms with Crippen molar-refractivity contribution in [2.24, 2.45) is 0 Å². The van der Waals surface area contributed by atoms with E-state index in [1.54, 1.807) is 0 Å². The quantitative estimate of drug-likeness (QED) is 0.782. The number of carbonyl (C=O) groups is 1. The molecule has 0 saturated heterocycles. The standard InChI is InChI=1S/C18H22N2O3/c1-3-22-16-11-7-5-9-14(16)19-13-18(21)20-15-10-6-8-12-17(15)23-4-2/h5-12,19H,3-4,13H2,1-2H3,(H,20,21). The maximum absolute atomic E-state index is 12.1. The predicted octanol–water partition coefficient (Wildman–Crippen LogP) is 3.53. The van der Waals surface area contributed by atoms with Crippen LogP contribution in [0.25, 0.3) is 0 Å². The van der Waals surface area contributed by atoms with Crippen molar-refractivity contribution in [1.82, 2.24) is 0 Å². The molecule has 0 bridgehead atoms. The van der Waals surface area contributed by atoms with Gasteiger partial charge in [0.2, 0.25) is 5.91 Å². The van der Waals surface area contributed by atoms with Gasteiger partial charge >= 0.3 is 0 Å². The molecule has 0 aliphatic carbocycles. The molecule has 5 heteroatoms. The minimum absolute atomic E-state index is 0.143. The van der Waals surface area contributed by atoms with Gasteiger partial charge in [-0.15, -0.1) is 0 Å². The lowest BCUT2D eigenvalue weighted by molar-refractivity contribution is -0.114. The Balaban J connectivity index is 1.96. The summed E-state index contributed by atoms with van der Waals surface area (Å²) < 4.78 is 11.0. The van der Waals surface area contributed by atoms with Crippen LogP contribution in [0, 0.1) is 0 Å². The van der Waals surface area contributed by atoms with E-state index >= 15 is 0 Å². The molecule has 0 aromatic heterocycles. The van der Waals surface area contributed by atoms with E-state index in [1.165, 1.54) is 0 Å². The summed E-state index contributed by atoms with van der Waals surface area (Å²) in [5.41, 5.74) is 1.46. The van der Waals surface area contributed by atoms with Crippen molar-refractivity contribution < 1.29 is 14.3 Å². The summed E-state index contributed by atoms with van der Waals surface area (Å²) in [4.78, 5) is 12.1. The number of anilines is 2. The summed E-state index contributed by atoms with van der Waals surface area (Å²) in [6.45, 7) is 5.10. The molecule has 0 heterocycles. The Kier molecular flexibility index (Phi) is 6.29. The normalized spacial score (nSPS) is 10.0. The summed E-state index contributed by atoms with van der Waals surface area (Å²) >= 11 is 0. The van der Waals surface area contributed by atoms with Gasteiger partial charge in [-0.3, -0.25) is 4.79 Å². The third-order valence-electron chi connectivity index (χ3n) is 3.09. The van der Waals surface area contributed by atoms with Gasteiger partial charge in [-0.1, -0.05) is 24.3 Å². The lowest BCUT2D eigenvalue weighted by atomic mass is 10.2. The van der Waals surface area contributed by atoms with Crippen molar-refractivity contribution in [1.29, 1.82) is 0 Å². The second-order valence-corrected chi connectivity index (χ2v) is 4.76. The molecule has 0 saturated carbocycles. The second-order valence-electron chi connectivity index (χ2n) is 4.76. The van der Waals surface area contributed by atoms with E-state index < -0.39 is 0 Å². The van der Waals surface area contributed by atoms with E-state index in [9.17, 15) is 4.79 Å². The lowest BCUT2D eigenvalue weighted by Crippen LogP contribution is -2.22. The molecule has 0 aliphatic rings. The highest BCUT2D eigenvalue weighted by Gasteiger charge is 2.08. The Morgan fingerprint density at radius 3 is 2.00 bits per heavy atom. The van der Waals surface area contributed by atoms with Crippen LogP contribution in [0.1, 0.15) is 13.8 Å². The number of carbonyl (C=O) groups excluding carboxylic acids is 1. The highest BCUT2D eigenvalue weighted by Crippen LogP contribution is 2.25. The number of rotatable bonds is 8. The zero-order valence-corrected chi connectivity index (χ0v) is 13.5. The molecular formula is C18H22N2O3. The Morgan fingerprint density at radius 1 is 0.870 bits per heavy atom. The first-order chi connectivity index (χ1) is 11.2. The summed E-state index contributed by atoms with van der Waals surface area (Å²) in [6, 6.07) is 14.9. The first kappa shape index (κ1) is 16.7. The number of hydrogen-bond donors (Lipinski definition) is 2. The second kappa shape index (κ2) is 8.68. The maximum Gasteiger partial charge on any atom is 0.243 e. The van der Waals surface area contributed by atoms with Gasteiger partial charge in [0.15, 0.2) is 0 Å². The number of amides is 1. The molecule has 23 heavy (non-hydrogen) atoms. The van der Waals surface area contributed by atoms with Gasteiger partial charge in [0.25, 0.3) is 0 Å². The van der Waals surface area contributed by atoms with Crippen molar-refractivity contribution >= 4 is 17.3 Å². The largest absolute Gasteiger partial charge is 0.492 e. The molecule has 2 N–H and O–H groups in total. The maximum atomic E-state index is 12.1. The van der Waals surface area contributed by atoms with Crippen molar-refractivity contribution in [2.45, 2.75) is 13.8 Å². The van der Waals surface area contributed by atoms with Crippen LogP contribution in [-0.4, -0.2) is 25.7 Å². The molecule has 5 nitrogen and oxygen atoms in total. The Labute approximate surface area is 136 Å². The van der Waals surface area contributed by atoms with Crippen LogP contribution in [-0.2, 0) is 4.79 Å². The van der Waals surface area contributed by atoms with Gasteiger partial charge in [0, 0.05) is 0 Å². The van der Waals surface area contributed by atoms with Gasteiger partial charge in [-0.25, -0.2) is 0 Å². The number of ether oxygens (including phenoxy) is 2.